The van der Waals surface area contributed by atoms with Crippen LogP contribution in [0, 0.1) is 6.92 Å². The van der Waals surface area contributed by atoms with E-state index in [0.29, 0.717) is 6.54 Å². The molecule has 0 aromatic carbocycles. The van der Waals surface area contributed by atoms with E-state index in [1.54, 1.807) is 13.3 Å². The lowest BCUT2D eigenvalue weighted by Gasteiger charge is -2.15. The quantitative estimate of drug-likeness (QED) is 0.770. The lowest BCUT2D eigenvalue weighted by Crippen LogP contribution is -2.22. The second kappa shape index (κ2) is 3.20. The number of methoxy groups -OCH3 is 1. The van der Waals surface area contributed by atoms with Gasteiger partial charge in [0, 0.05) is 12.0 Å². The summed E-state index contributed by atoms with van der Waals surface area (Å²) in [6.07, 6.45) is 3.94. The van der Waals surface area contributed by atoms with E-state index in [1.807, 2.05) is 6.92 Å². The molecule has 1 aliphatic carbocycles. The van der Waals surface area contributed by atoms with Crippen LogP contribution in [0.4, 0.5) is 0 Å². The Balaban J connectivity index is 2.44. The summed E-state index contributed by atoms with van der Waals surface area (Å²) in [5, 5.41) is 0. The predicted octanol–water partition coefficient (Wildman–Crippen LogP) is 0.784. The fraction of sp³-hybridized carbons (Fsp3) is 0.600. The molecule has 0 bridgehead atoms. The summed E-state index contributed by atoms with van der Waals surface area (Å²) in [4.78, 5) is 8.54. The zero-order valence-corrected chi connectivity index (χ0v) is 8.58. The highest BCUT2D eigenvalue weighted by atomic mass is 16.5. The average Bonchev–Trinajstić information content (AvgIpc) is 2.98. The molecule has 0 spiro atoms. The molecule has 1 fully saturated rings. The lowest BCUT2D eigenvalue weighted by atomic mass is 10.0. The van der Waals surface area contributed by atoms with Gasteiger partial charge >= 0.3 is 0 Å². The lowest BCUT2D eigenvalue weighted by molar-refractivity contribution is 0.397. The minimum absolute atomic E-state index is 0.0685. The first-order valence-corrected chi connectivity index (χ1v) is 4.80. The third-order valence-corrected chi connectivity index (χ3v) is 2.84. The summed E-state index contributed by atoms with van der Waals surface area (Å²) in [5.74, 6) is 1.54. The van der Waals surface area contributed by atoms with Gasteiger partial charge in [-0.1, -0.05) is 0 Å². The van der Waals surface area contributed by atoms with Crippen LogP contribution in [0.2, 0.25) is 0 Å². The van der Waals surface area contributed by atoms with Gasteiger partial charge in [0.1, 0.15) is 5.82 Å². The molecule has 0 atom stereocenters. The van der Waals surface area contributed by atoms with Crippen LogP contribution in [-0.2, 0) is 5.41 Å². The maximum atomic E-state index is 5.76. The minimum Gasteiger partial charge on any atom is -0.493 e. The van der Waals surface area contributed by atoms with E-state index < -0.39 is 0 Å². The number of rotatable bonds is 3. The molecule has 2 rings (SSSR count). The molecule has 2 N–H and O–H groups in total. The predicted molar refractivity (Wildman–Crippen MR) is 53.3 cm³/mol. The van der Waals surface area contributed by atoms with Gasteiger partial charge in [-0.15, -0.1) is 0 Å². The largest absolute Gasteiger partial charge is 0.493 e. The Bertz CT molecular complexity index is 347. The van der Waals surface area contributed by atoms with Gasteiger partial charge in [0.05, 0.1) is 19.0 Å². The van der Waals surface area contributed by atoms with Crippen molar-refractivity contribution in [1.29, 1.82) is 0 Å². The summed E-state index contributed by atoms with van der Waals surface area (Å²) in [6.45, 7) is 2.52. The smallest absolute Gasteiger partial charge is 0.159 e. The molecular weight excluding hydrogens is 178 g/mol. The second-order valence-corrected chi connectivity index (χ2v) is 3.82. The summed E-state index contributed by atoms with van der Waals surface area (Å²) in [6, 6.07) is 0. The van der Waals surface area contributed by atoms with Crippen molar-refractivity contribution >= 4 is 0 Å². The van der Waals surface area contributed by atoms with E-state index in [0.717, 1.165) is 30.1 Å². The number of nitrogens with zero attached hydrogens (tertiary/aromatic N) is 2. The zero-order valence-electron chi connectivity index (χ0n) is 8.58. The number of ether oxygens (including phenoxy) is 1. The summed E-state index contributed by atoms with van der Waals surface area (Å²) < 4.78 is 5.25. The normalized spacial score (nSPS) is 17.9. The highest BCUT2D eigenvalue weighted by molar-refractivity contribution is 5.37. The Labute approximate surface area is 83.5 Å². The number of hydrogen-bond donors (Lipinski definition) is 1. The molecule has 0 unspecified atom stereocenters. The SMILES string of the molecule is COc1cnc(C)nc1C1(CN)CC1. The van der Waals surface area contributed by atoms with Gasteiger partial charge in [0.2, 0.25) is 0 Å². The first-order valence-electron chi connectivity index (χ1n) is 4.80. The van der Waals surface area contributed by atoms with Crippen molar-refractivity contribution in [1.82, 2.24) is 9.97 Å². The molecule has 1 aliphatic rings. The molecule has 0 radical (unpaired) electrons. The Hall–Kier alpha value is -1.16. The topological polar surface area (TPSA) is 61.0 Å². The van der Waals surface area contributed by atoms with Crippen LogP contribution in [0.5, 0.6) is 5.75 Å². The molecule has 1 heterocycles. The Morgan fingerprint density at radius 3 is 2.79 bits per heavy atom. The maximum Gasteiger partial charge on any atom is 0.159 e. The van der Waals surface area contributed by atoms with Gasteiger partial charge in [-0.25, -0.2) is 9.97 Å². The van der Waals surface area contributed by atoms with Gasteiger partial charge in [-0.2, -0.15) is 0 Å². The molecule has 1 aromatic rings. The molecule has 4 heteroatoms. The molecule has 76 valence electrons. The van der Waals surface area contributed by atoms with E-state index >= 15 is 0 Å². The molecule has 1 aromatic heterocycles. The Kier molecular flexibility index (Phi) is 2.15. The van der Waals surface area contributed by atoms with Crippen molar-refractivity contribution < 1.29 is 4.74 Å². The Morgan fingerprint density at radius 2 is 2.29 bits per heavy atom. The van der Waals surface area contributed by atoms with Crippen LogP contribution in [0.1, 0.15) is 24.4 Å². The Morgan fingerprint density at radius 1 is 1.57 bits per heavy atom. The molecular formula is C10H15N3O. The van der Waals surface area contributed by atoms with Crippen LogP contribution in [0.25, 0.3) is 0 Å². The van der Waals surface area contributed by atoms with E-state index in [2.05, 4.69) is 9.97 Å². The molecule has 14 heavy (non-hydrogen) atoms. The summed E-state index contributed by atoms with van der Waals surface area (Å²) in [5.41, 5.74) is 6.81. The number of aromatic nitrogens is 2. The average molecular weight is 193 g/mol. The highest BCUT2D eigenvalue weighted by Crippen LogP contribution is 2.49. The minimum atomic E-state index is 0.0685. The molecule has 0 aliphatic heterocycles. The van der Waals surface area contributed by atoms with Crippen molar-refractivity contribution in [2.24, 2.45) is 5.73 Å². The van der Waals surface area contributed by atoms with Crippen molar-refractivity contribution in [2.45, 2.75) is 25.2 Å². The maximum absolute atomic E-state index is 5.76. The summed E-state index contributed by atoms with van der Waals surface area (Å²) >= 11 is 0. The third kappa shape index (κ3) is 1.35. The van der Waals surface area contributed by atoms with Crippen LogP contribution in [-0.4, -0.2) is 23.6 Å². The summed E-state index contributed by atoms with van der Waals surface area (Å²) in [7, 11) is 1.64. The van der Waals surface area contributed by atoms with E-state index in [-0.39, 0.29) is 5.41 Å². The third-order valence-electron chi connectivity index (χ3n) is 2.84. The van der Waals surface area contributed by atoms with Crippen molar-refractivity contribution in [2.75, 3.05) is 13.7 Å². The van der Waals surface area contributed by atoms with Gasteiger partial charge < -0.3 is 10.5 Å². The van der Waals surface area contributed by atoms with Gasteiger partial charge in [-0.3, -0.25) is 0 Å². The van der Waals surface area contributed by atoms with E-state index in [9.17, 15) is 0 Å². The second-order valence-electron chi connectivity index (χ2n) is 3.82. The molecule has 0 saturated heterocycles. The first-order chi connectivity index (χ1) is 6.72. The van der Waals surface area contributed by atoms with Gasteiger partial charge in [-0.05, 0) is 19.8 Å². The molecule has 1 saturated carbocycles. The molecule has 4 nitrogen and oxygen atoms in total. The van der Waals surface area contributed by atoms with Gasteiger partial charge in [0.25, 0.3) is 0 Å². The van der Waals surface area contributed by atoms with E-state index in [4.69, 9.17) is 10.5 Å². The number of nitrogens with two attached hydrogens (primary N) is 1. The molecule has 0 amide bonds. The standard InChI is InChI=1S/C10H15N3O/c1-7-12-5-8(14-2)9(13-7)10(6-11)3-4-10/h5H,3-4,6,11H2,1-2H3. The fourth-order valence-corrected chi connectivity index (χ4v) is 1.68. The van der Waals surface area contributed by atoms with E-state index in [1.165, 1.54) is 0 Å². The fourth-order valence-electron chi connectivity index (χ4n) is 1.68. The van der Waals surface area contributed by atoms with Crippen molar-refractivity contribution in [3.05, 3.63) is 17.7 Å². The van der Waals surface area contributed by atoms with Crippen LogP contribution < -0.4 is 10.5 Å². The van der Waals surface area contributed by atoms with Crippen LogP contribution in [0.15, 0.2) is 6.20 Å². The van der Waals surface area contributed by atoms with Crippen LogP contribution in [0.3, 0.4) is 0 Å². The zero-order chi connectivity index (χ0) is 10.2. The highest BCUT2D eigenvalue weighted by Gasteiger charge is 2.46. The first kappa shape index (κ1) is 9.40. The van der Waals surface area contributed by atoms with Crippen LogP contribution >= 0.6 is 0 Å². The van der Waals surface area contributed by atoms with Crippen molar-refractivity contribution in [3.8, 4) is 5.75 Å². The van der Waals surface area contributed by atoms with Gasteiger partial charge in [0.15, 0.2) is 5.75 Å². The number of hydrogen-bond acceptors (Lipinski definition) is 4. The number of aryl methyl sites for hydroxylation is 1. The monoisotopic (exact) mass is 193 g/mol. The van der Waals surface area contributed by atoms with Crippen molar-refractivity contribution in [3.63, 3.8) is 0 Å².